The van der Waals surface area contributed by atoms with Crippen molar-refractivity contribution in [1.29, 1.82) is 0 Å². The molecule has 0 atom stereocenters. The van der Waals surface area contributed by atoms with E-state index in [0.717, 1.165) is 0 Å². The Labute approximate surface area is 107 Å². The molecular weight excluding hydrogens is 186 g/mol. The molecule has 0 spiro atoms. The van der Waals surface area contributed by atoms with Gasteiger partial charge < -0.3 is 42.4 Å². The standard InChI is InChI=1S/CH2O3.2Na.5H2O/c2-1(3)4;;;;;;;/h(H2,2,3,4);;;5*1H2/q;2*+1;;;;;/p-2. The molecule has 0 aromatic rings. The van der Waals surface area contributed by atoms with Crippen LogP contribution in [0.5, 0.6) is 0 Å². The Morgan fingerprint density at radius 3 is 0.727 bits per heavy atom. The number of carbonyl (C=O) groups excluding carboxylic acids is 1. The van der Waals surface area contributed by atoms with Gasteiger partial charge in [-0.25, -0.2) is 0 Å². The third kappa shape index (κ3) is 795. The van der Waals surface area contributed by atoms with Gasteiger partial charge >= 0.3 is 59.1 Å². The number of hydrogen-bond acceptors (Lipinski definition) is 3. The molecule has 0 aromatic carbocycles. The number of carboxylic acid groups (broad SMARTS) is 2. The van der Waals surface area contributed by atoms with Crippen LogP contribution in [-0.4, -0.2) is 33.5 Å². The van der Waals surface area contributed by atoms with Crippen LogP contribution in [0.2, 0.25) is 0 Å². The van der Waals surface area contributed by atoms with E-state index in [1.807, 2.05) is 0 Å². The number of carbonyl (C=O) groups is 1. The van der Waals surface area contributed by atoms with Crippen LogP contribution in [0, 0.1) is 0 Å². The van der Waals surface area contributed by atoms with Gasteiger partial charge in [0.1, 0.15) is 0 Å². The molecule has 0 unspecified atom stereocenters. The zero-order valence-electron chi connectivity index (χ0n) is 6.22. The Hall–Kier alpha value is 1.07. The van der Waals surface area contributed by atoms with Crippen LogP contribution in [0.3, 0.4) is 0 Å². The van der Waals surface area contributed by atoms with Crippen LogP contribution >= 0.6 is 0 Å². The quantitative estimate of drug-likeness (QED) is 0.344. The molecule has 0 bridgehead atoms. The van der Waals surface area contributed by atoms with Crippen molar-refractivity contribution >= 4 is 6.16 Å². The zero-order chi connectivity index (χ0) is 3.58. The van der Waals surface area contributed by atoms with Gasteiger partial charge in [-0.05, 0) is 6.16 Å². The predicted octanol–water partition coefficient (Wildman–Crippen LogP) is -12.6. The fourth-order valence-electron chi connectivity index (χ4n) is 0. The summed E-state index contributed by atoms with van der Waals surface area (Å²) in [6.45, 7) is 0. The molecule has 0 fully saturated rings. The molecule has 0 heterocycles. The summed E-state index contributed by atoms with van der Waals surface area (Å²) in [4.78, 5) is 8.33. The van der Waals surface area contributed by atoms with Gasteiger partial charge in [0.15, 0.2) is 0 Å². The van der Waals surface area contributed by atoms with E-state index in [-0.39, 0.29) is 86.5 Å². The van der Waals surface area contributed by atoms with Crippen molar-refractivity contribution in [3.8, 4) is 0 Å². The van der Waals surface area contributed by atoms with E-state index in [2.05, 4.69) is 0 Å². The second-order valence-corrected chi connectivity index (χ2v) is 0.250. The molecule has 0 rings (SSSR count). The maximum absolute atomic E-state index is 8.33. The van der Waals surface area contributed by atoms with Crippen LogP contribution in [0.15, 0.2) is 0 Å². The van der Waals surface area contributed by atoms with Crippen molar-refractivity contribution in [2.45, 2.75) is 0 Å². The summed E-state index contributed by atoms with van der Waals surface area (Å²) in [5.74, 6) is 0. The fraction of sp³-hybridized carbons (Fsp3) is 0. The fourth-order valence-corrected chi connectivity index (χ4v) is 0. The molecule has 10 N–H and O–H groups in total. The normalized spacial score (nSPS) is 2.18. The molecule has 0 amide bonds. The van der Waals surface area contributed by atoms with Crippen LogP contribution in [0.4, 0.5) is 4.79 Å². The molecule has 0 aliphatic heterocycles. The van der Waals surface area contributed by atoms with Crippen LogP contribution < -0.4 is 69.3 Å². The van der Waals surface area contributed by atoms with Gasteiger partial charge in [-0.3, -0.25) is 0 Å². The van der Waals surface area contributed by atoms with Crippen LogP contribution in [0.1, 0.15) is 0 Å². The SMILES string of the molecule is O.O.O.O.O.O=C([O-])[O-].[Na+].[Na+]. The molecule has 64 valence electrons. The zero-order valence-corrected chi connectivity index (χ0v) is 10.2. The van der Waals surface area contributed by atoms with E-state index in [4.69, 9.17) is 15.0 Å². The second kappa shape index (κ2) is 67.8. The van der Waals surface area contributed by atoms with E-state index >= 15 is 0 Å². The van der Waals surface area contributed by atoms with Gasteiger partial charge in [0.25, 0.3) is 0 Å². The van der Waals surface area contributed by atoms with Gasteiger partial charge in [-0.1, -0.05) is 0 Å². The molecule has 0 saturated heterocycles. The van der Waals surface area contributed by atoms with Crippen molar-refractivity contribution in [2.75, 3.05) is 0 Å². The third-order valence-corrected chi connectivity index (χ3v) is 0. The summed E-state index contributed by atoms with van der Waals surface area (Å²) < 4.78 is 0. The van der Waals surface area contributed by atoms with Crippen molar-refractivity contribution in [2.24, 2.45) is 0 Å². The summed E-state index contributed by atoms with van der Waals surface area (Å²) >= 11 is 0. The number of hydrogen-bond donors (Lipinski definition) is 0. The predicted molar refractivity (Wildman–Crippen MR) is 23.5 cm³/mol. The first-order chi connectivity index (χ1) is 1.73. The minimum absolute atomic E-state index is 0. The summed E-state index contributed by atoms with van der Waals surface area (Å²) in [6.07, 6.45) is -2.33. The Kier molecular flexibility index (Phi) is 550. The van der Waals surface area contributed by atoms with Crippen molar-refractivity contribution in [3.05, 3.63) is 0 Å². The Morgan fingerprint density at radius 1 is 0.727 bits per heavy atom. The van der Waals surface area contributed by atoms with E-state index in [9.17, 15) is 0 Å². The largest absolute Gasteiger partial charge is 1.00 e. The maximum atomic E-state index is 8.33. The summed E-state index contributed by atoms with van der Waals surface area (Å²) in [6, 6.07) is 0. The third-order valence-electron chi connectivity index (χ3n) is 0. The van der Waals surface area contributed by atoms with E-state index in [1.165, 1.54) is 0 Å². The van der Waals surface area contributed by atoms with Crippen molar-refractivity contribution in [1.82, 2.24) is 0 Å². The molecule has 0 aromatic heterocycles. The monoisotopic (exact) mass is 196 g/mol. The maximum Gasteiger partial charge on any atom is 1.00 e. The topological polar surface area (TPSA) is 221 Å². The van der Waals surface area contributed by atoms with Crippen molar-refractivity contribution in [3.63, 3.8) is 0 Å². The summed E-state index contributed by atoms with van der Waals surface area (Å²) in [5, 5.41) is 16.7. The average Bonchev–Trinajstić information content (AvgIpc) is 0.811. The first kappa shape index (κ1) is 89.3. The molecular formula is CH10Na2O8. The Bertz CT molecular complexity index is 35.1. The van der Waals surface area contributed by atoms with Gasteiger partial charge in [0.05, 0.1) is 0 Å². The average molecular weight is 196 g/mol. The van der Waals surface area contributed by atoms with Gasteiger partial charge in [0.2, 0.25) is 0 Å². The minimum Gasteiger partial charge on any atom is -0.652 e. The van der Waals surface area contributed by atoms with Crippen LogP contribution in [0.25, 0.3) is 0 Å². The van der Waals surface area contributed by atoms with E-state index in [1.54, 1.807) is 0 Å². The first-order valence-electron chi connectivity index (χ1n) is 0.612. The second-order valence-electron chi connectivity index (χ2n) is 0.250. The minimum atomic E-state index is -2.33. The molecule has 8 nitrogen and oxygen atoms in total. The van der Waals surface area contributed by atoms with Gasteiger partial charge in [-0.15, -0.1) is 0 Å². The van der Waals surface area contributed by atoms with Gasteiger partial charge in [-0.2, -0.15) is 0 Å². The van der Waals surface area contributed by atoms with Crippen LogP contribution in [-0.2, 0) is 0 Å². The van der Waals surface area contributed by atoms with Gasteiger partial charge in [0, 0.05) is 0 Å². The van der Waals surface area contributed by atoms with E-state index in [0.29, 0.717) is 0 Å². The Balaban J connectivity index is -0.00000000214. The number of rotatable bonds is 0. The molecule has 0 aliphatic carbocycles. The smallest absolute Gasteiger partial charge is 0.652 e. The molecule has 10 heteroatoms. The van der Waals surface area contributed by atoms with Crippen molar-refractivity contribution < 1.29 is 102 Å². The Morgan fingerprint density at radius 2 is 0.727 bits per heavy atom. The first-order valence-corrected chi connectivity index (χ1v) is 0.612. The van der Waals surface area contributed by atoms with E-state index < -0.39 is 6.16 Å². The molecule has 0 radical (unpaired) electrons. The molecule has 0 saturated carbocycles. The molecule has 0 aliphatic rings. The summed E-state index contributed by atoms with van der Waals surface area (Å²) in [7, 11) is 0. The summed E-state index contributed by atoms with van der Waals surface area (Å²) in [5.41, 5.74) is 0. The molecule has 11 heavy (non-hydrogen) atoms.